The minimum atomic E-state index is -0.157. The lowest BCUT2D eigenvalue weighted by Gasteiger charge is -2.13. The van der Waals surface area contributed by atoms with Crippen molar-refractivity contribution in [2.24, 2.45) is 0 Å². The van der Waals surface area contributed by atoms with Gasteiger partial charge in [0.25, 0.3) is 5.91 Å². The Labute approximate surface area is 155 Å². The molecule has 0 fully saturated rings. The Hall–Kier alpha value is -2.34. The number of carbonyl (C=O) groups excluding carboxylic acids is 2. The maximum atomic E-state index is 12.0. The average molecular weight is 359 g/mol. The first kappa shape index (κ1) is 20.0. The van der Waals surface area contributed by atoms with Crippen LogP contribution in [-0.2, 0) is 9.53 Å². The maximum Gasteiger partial charge on any atom is 0.251 e. The number of rotatable bonds is 10. The lowest BCUT2D eigenvalue weighted by atomic mass is 9.97. The smallest absolute Gasteiger partial charge is 0.251 e. The molecule has 2 rings (SSSR count). The van der Waals surface area contributed by atoms with E-state index in [0.29, 0.717) is 25.3 Å². The predicted molar refractivity (Wildman–Crippen MR) is 103 cm³/mol. The predicted octanol–water partition coefficient (Wildman–Crippen LogP) is 2.48. The number of benzene rings is 1. The van der Waals surface area contributed by atoms with Crippen LogP contribution in [0.4, 0.5) is 5.69 Å². The summed E-state index contributed by atoms with van der Waals surface area (Å²) in [6.07, 6.45) is 8.10. The van der Waals surface area contributed by atoms with E-state index in [0.717, 1.165) is 18.5 Å². The summed E-state index contributed by atoms with van der Waals surface area (Å²) in [6, 6.07) is 7.11. The largest absolute Gasteiger partial charge is 0.383 e. The molecule has 0 unspecified atom stereocenters. The van der Waals surface area contributed by atoms with E-state index in [9.17, 15) is 9.59 Å². The van der Waals surface area contributed by atoms with Crippen molar-refractivity contribution in [3.05, 3.63) is 41.5 Å². The normalized spacial score (nSPS) is 13.7. The monoisotopic (exact) mass is 359 g/mol. The lowest BCUT2D eigenvalue weighted by Crippen LogP contribution is -2.31. The van der Waals surface area contributed by atoms with Crippen LogP contribution >= 0.6 is 0 Å². The molecule has 0 radical (unpaired) electrons. The number of allylic oxidation sites excluding steroid dienone is 1. The zero-order chi connectivity index (χ0) is 18.6. The molecule has 3 N–H and O–H groups in total. The lowest BCUT2D eigenvalue weighted by molar-refractivity contribution is -0.119. The fourth-order valence-electron chi connectivity index (χ4n) is 2.88. The van der Waals surface area contributed by atoms with E-state index in [4.69, 9.17) is 4.74 Å². The van der Waals surface area contributed by atoms with E-state index >= 15 is 0 Å². The van der Waals surface area contributed by atoms with Gasteiger partial charge in [-0.2, -0.15) is 0 Å². The van der Waals surface area contributed by atoms with E-state index in [1.807, 2.05) is 6.07 Å². The highest BCUT2D eigenvalue weighted by molar-refractivity contribution is 5.95. The summed E-state index contributed by atoms with van der Waals surface area (Å²) in [7, 11) is 1.59. The van der Waals surface area contributed by atoms with Crippen LogP contribution < -0.4 is 16.0 Å². The first-order valence-corrected chi connectivity index (χ1v) is 9.24. The zero-order valence-electron chi connectivity index (χ0n) is 15.5. The molecule has 0 saturated carbocycles. The molecule has 0 spiro atoms. The summed E-state index contributed by atoms with van der Waals surface area (Å²) in [5.41, 5.74) is 2.75. The fraction of sp³-hybridized carbons (Fsp3) is 0.500. The van der Waals surface area contributed by atoms with Gasteiger partial charge in [0.15, 0.2) is 0 Å². The van der Waals surface area contributed by atoms with Crippen molar-refractivity contribution in [2.75, 3.05) is 38.7 Å². The highest BCUT2D eigenvalue weighted by Gasteiger charge is 2.07. The van der Waals surface area contributed by atoms with Gasteiger partial charge in [-0.3, -0.25) is 9.59 Å². The Kier molecular flexibility index (Phi) is 8.69. The van der Waals surface area contributed by atoms with Crippen LogP contribution in [0.1, 0.15) is 42.5 Å². The van der Waals surface area contributed by atoms with Crippen LogP contribution in [0.2, 0.25) is 0 Å². The van der Waals surface area contributed by atoms with Gasteiger partial charge in [0, 0.05) is 31.5 Å². The Bertz CT molecular complexity index is 628. The third-order valence-electron chi connectivity index (χ3n) is 4.32. The second-order valence-corrected chi connectivity index (χ2v) is 6.39. The third-order valence-corrected chi connectivity index (χ3v) is 4.32. The van der Waals surface area contributed by atoms with Gasteiger partial charge in [0.1, 0.15) is 0 Å². The average Bonchev–Trinajstić information content (AvgIpc) is 2.67. The molecule has 142 valence electrons. The number of anilines is 1. The van der Waals surface area contributed by atoms with E-state index in [1.54, 1.807) is 25.3 Å². The van der Waals surface area contributed by atoms with E-state index in [-0.39, 0.29) is 18.4 Å². The van der Waals surface area contributed by atoms with Gasteiger partial charge < -0.3 is 20.7 Å². The van der Waals surface area contributed by atoms with Crippen molar-refractivity contribution >= 4 is 17.5 Å². The maximum absolute atomic E-state index is 12.0. The molecule has 1 aromatic carbocycles. The van der Waals surface area contributed by atoms with Crippen LogP contribution in [0.5, 0.6) is 0 Å². The van der Waals surface area contributed by atoms with Crippen LogP contribution in [0, 0.1) is 0 Å². The number of hydrogen-bond donors (Lipinski definition) is 3. The number of carbonyl (C=O) groups is 2. The van der Waals surface area contributed by atoms with Crippen LogP contribution in [0.25, 0.3) is 0 Å². The number of hydrogen-bond acceptors (Lipinski definition) is 4. The number of methoxy groups -OCH3 is 1. The summed E-state index contributed by atoms with van der Waals surface area (Å²) in [6.45, 7) is 1.80. The standard InChI is InChI=1S/C20H29N3O3/c1-26-13-12-22-20(25)17-8-5-9-18(14-17)23-15-19(24)21-11-10-16-6-3-2-4-7-16/h5-6,8-9,14,23H,2-4,7,10-13,15H2,1H3,(H,21,24)(H,22,25). The molecule has 0 saturated heterocycles. The molecule has 0 aromatic heterocycles. The molecule has 26 heavy (non-hydrogen) atoms. The Morgan fingerprint density at radius 2 is 2.04 bits per heavy atom. The Morgan fingerprint density at radius 3 is 2.81 bits per heavy atom. The first-order chi connectivity index (χ1) is 12.7. The molecule has 0 bridgehead atoms. The fourth-order valence-corrected chi connectivity index (χ4v) is 2.88. The summed E-state index contributed by atoms with van der Waals surface area (Å²) < 4.78 is 4.91. The molecule has 0 heterocycles. The molecular formula is C20H29N3O3. The molecule has 1 aliphatic rings. The molecule has 0 aliphatic heterocycles. The first-order valence-electron chi connectivity index (χ1n) is 9.24. The quantitative estimate of drug-likeness (QED) is 0.443. The highest BCUT2D eigenvalue weighted by atomic mass is 16.5. The SMILES string of the molecule is COCCNC(=O)c1cccc(NCC(=O)NCCC2=CCCCC2)c1. The number of nitrogens with one attached hydrogen (secondary N) is 3. The van der Waals surface area contributed by atoms with Crippen molar-refractivity contribution in [1.82, 2.24) is 10.6 Å². The van der Waals surface area contributed by atoms with Gasteiger partial charge in [-0.25, -0.2) is 0 Å². The summed E-state index contributed by atoms with van der Waals surface area (Å²) in [5, 5.41) is 8.78. The van der Waals surface area contributed by atoms with Crippen molar-refractivity contribution in [1.29, 1.82) is 0 Å². The van der Waals surface area contributed by atoms with Crippen molar-refractivity contribution < 1.29 is 14.3 Å². The van der Waals surface area contributed by atoms with Crippen molar-refractivity contribution in [3.8, 4) is 0 Å². The molecule has 1 aliphatic carbocycles. The number of amides is 2. The zero-order valence-corrected chi connectivity index (χ0v) is 15.5. The number of ether oxygens (including phenoxy) is 1. The molecule has 6 nitrogen and oxygen atoms in total. The minimum Gasteiger partial charge on any atom is -0.383 e. The van der Waals surface area contributed by atoms with Crippen LogP contribution in [-0.4, -0.2) is 45.2 Å². The van der Waals surface area contributed by atoms with Crippen LogP contribution in [0.15, 0.2) is 35.9 Å². The molecular weight excluding hydrogens is 330 g/mol. The minimum absolute atomic E-state index is 0.0450. The molecule has 1 aromatic rings. The summed E-state index contributed by atoms with van der Waals surface area (Å²) in [5.74, 6) is -0.202. The molecule has 6 heteroatoms. The van der Waals surface area contributed by atoms with E-state index < -0.39 is 0 Å². The van der Waals surface area contributed by atoms with Gasteiger partial charge >= 0.3 is 0 Å². The van der Waals surface area contributed by atoms with Gasteiger partial charge in [0.2, 0.25) is 5.91 Å². The van der Waals surface area contributed by atoms with Gasteiger partial charge in [-0.1, -0.05) is 17.7 Å². The van der Waals surface area contributed by atoms with Crippen LogP contribution in [0.3, 0.4) is 0 Å². The van der Waals surface area contributed by atoms with Gasteiger partial charge in [0.05, 0.1) is 13.2 Å². The third kappa shape index (κ3) is 7.27. The summed E-state index contributed by atoms with van der Waals surface area (Å²) >= 11 is 0. The van der Waals surface area contributed by atoms with Gasteiger partial charge in [-0.15, -0.1) is 0 Å². The Balaban J connectivity index is 1.70. The molecule has 0 atom stereocenters. The summed E-state index contributed by atoms with van der Waals surface area (Å²) in [4.78, 5) is 24.0. The second kappa shape index (κ2) is 11.3. The highest BCUT2D eigenvalue weighted by Crippen LogP contribution is 2.19. The van der Waals surface area contributed by atoms with E-state index in [2.05, 4.69) is 22.0 Å². The van der Waals surface area contributed by atoms with Crippen molar-refractivity contribution in [2.45, 2.75) is 32.1 Å². The molecule has 2 amide bonds. The van der Waals surface area contributed by atoms with Gasteiger partial charge in [-0.05, 0) is 50.3 Å². The van der Waals surface area contributed by atoms with Crippen molar-refractivity contribution in [3.63, 3.8) is 0 Å². The second-order valence-electron chi connectivity index (χ2n) is 6.39. The Morgan fingerprint density at radius 1 is 1.15 bits per heavy atom. The van der Waals surface area contributed by atoms with E-state index in [1.165, 1.54) is 24.8 Å². The topological polar surface area (TPSA) is 79.5 Å².